The van der Waals surface area contributed by atoms with E-state index in [0.717, 1.165) is 32.2 Å². The topological polar surface area (TPSA) is 78.4 Å². The lowest BCUT2D eigenvalue weighted by atomic mass is 9.82. The van der Waals surface area contributed by atoms with Crippen LogP contribution in [0.3, 0.4) is 0 Å². The normalized spacial score (nSPS) is 24.7. The van der Waals surface area contributed by atoms with E-state index in [4.69, 9.17) is 5.11 Å². The third-order valence-electron chi connectivity index (χ3n) is 3.91. The largest absolute Gasteiger partial charge is 0.481 e. The Kier molecular flexibility index (Phi) is 6.84. The van der Waals surface area contributed by atoms with E-state index < -0.39 is 5.97 Å². The van der Waals surface area contributed by atoms with Gasteiger partial charge in [0, 0.05) is 19.0 Å². The van der Waals surface area contributed by atoms with Crippen molar-refractivity contribution < 1.29 is 14.7 Å². The van der Waals surface area contributed by atoms with Gasteiger partial charge in [0.05, 0.1) is 5.92 Å². The third kappa shape index (κ3) is 5.59. The number of hydrogen-bond donors (Lipinski definition) is 3. The van der Waals surface area contributed by atoms with E-state index in [2.05, 4.69) is 10.6 Å². The van der Waals surface area contributed by atoms with Crippen molar-refractivity contribution >= 4 is 11.9 Å². The van der Waals surface area contributed by atoms with Gasteiger partial charge in [-0.1, -0.05) is 13.8 Å². The summed E-state index contributed by atoms with van der Waals surface area (Å²) in [5.74, 6) is -0.358. The van der Waals surface area contributed by atoms with Crippen molar-refractivity contribution in [2.24, 2.45) is 17.8 Å². The molecule has 0 bridgehead atoms. The molecule has 0 heterocycles. The molecule has 0 aromatic carbocycles. The summed E-state index contributed by atoms with van der Waals surface area (Å²) in [5, 5.41) is 15.1. The molecule has 1 unspecified atom stereocenters. The Morgan fingerprint density at radius 2 is 1.89 bits per heavy atom. The molecule has 0 aromatic heterocycles. The second-order valence-electron chi connectivity index (χ2n) is 5.51. The quantitative estimate of drug-likeness (QED) is 0.650. The molecule has 0 spiro atoms. The number of carbonyl (C=O) groups excluding carboxylic acids is 1. The van der Waals surface area contributed by atoms with Crippen LogP contribution in [0.2, 0.25) is 0 Å². The minimum absolute atomic E-state index is 0.0182. The fourth-order valence-electron chi connectivity index (χ4n) is 2.49. The standard InChI is InChI=1S/C14H26N2O3/c1-3-15-8-10(2)13(17)16-9-11-4-6-12(7-5-11)14(18)19/h10-12,15H,3-9H2,1-2H3,(H,16,17)(H,18,19). The van der Waals surface area contributed by atoms with Gasteiger partial charge >= 0.3 is 5.97 Å². The zero-order valence-electron chi connectivity index (χ0n) is 11.9. The third-order valence-corrected chi connectivity index (χ3v) is 3.91. The molecule has 1 atom stereocenters. The first-order valence-corrected chi connectivity index (χ1v) is 7.25. The van der Waals surface area contributed by atoms with Crippen LogP contribution in [0.15, 0.2) is 0 Å². The lowest BCUT2D eigenvalue weighted by molar-refractivity contribution is -0.143. The molecule has 0 saturated heterocycles. The highest BCUT2D eigenvalue weighted by Crippen LogP contribution is 2.28. The molecule has 110 valence electrons. The fourth-order valence-corrected chi connectivity index (χ4v) is 2.49. The Morgan fingerprint density at radius 1 is 1.26 bits per heavy atom. The molecule has 5 heteroatoms. The van der Waals surface area contributed by atoms with Gasteiger partial charge in [-0.15, -0.1) is 0 Å². The SMILES string of the molecule is CCNCC(C)C(=O)NCC1CCC(C(=O)O)CC1. The number of carboxylic acids is 1. The van der Waals surface area contributed by atoms with Crippen molar-refractivity contribution in [2.45, 2.75) is 39.5 Å². The van der Waals surface area contributed by atoms with Gasteiger partial charge < -0.3 is 15.7 Å². The van der Waals surface area contributed by atoms with Crippen LogP contribution in [0.1, 0.15) is 39.5 Å². The summed E-state index contributed by atoms with van der Waals surface area (Å²) in [6.07, 6.45) is 3.28. The summed E-state index contributed by atoms with van der Waals surface area (Å²) < 4.78 is 0. The number of carbonyl (C=O) groups is 2. The number of hydrogen-bond acceptors (Lipinski definition) is 3. The van der Waals surface area contributed by atoms with E-state index in [1.54, 1.807) is 0 Å². The lowest BCUT2D eigenvalue weighted by Gasteiger charge is -2.26. The molecule has 1 rings (SSSR count). The van der Waals surface area contributed by atoms with E-state index in [1.165, 1.54) is 0 Å². The Morgan fingerprint density at radius 3 is 2.42 bits per heavy atom. The smallest absolute Gasteiger partial charge is 0.306 e. The van der Waals surface area contributed by atoms with Gasteiger partial charge in [-0.05, 0) is 38.1 Å². The van der Waals surface area contributed by atoms with Crippen LogP contribution in [0, 0.1) is 17.8 Å². The zero-order valence-corrected chi connectivity index (χ0v) is 11.9. The Labute approximate surface area is 115 Å². The molecule has 19 heavy (non-hydrogen) atoms. The first kappa shape index (κ1) is 16.0. The summed E-state index contributed by atoms with van der Waals surface area (Å²) in [4.78, 5) is 22.7. The van der Waals surface area contributed by atoms with E-state index in [9.17, 15) is 9.59 Å². The van der Waals surface area contributed by atoms with Gasteiger partial charge in [0.2, 0.25) is 5.91 Å². The van der Waals surface area contributed by atoms with E-state index in [1.807, 2.05) is 13.8 Å². The Bertz CT molecular complexity index is 299. The maximum atomic E-state index is 11.8. The summed E-state index contributed by atoms with van der Waals surface area (Å²) in [6.45, 7) is 6.19. The highest BCUT2D eigenvalue weighted by atomic mass is 16.4. The molecule has 1 saturated carbocycles. The molecule has 1 aliphatic rings. The van der Waals surface area contributed by atoms with Crippen LogP contribution in [0.5, 0.6) is 0 Å². The molecule has 1 aliphatic carbocycles. The maximum Gasteiger partial charge on any atom is 0.306 e. The first-order chi connectivity index (χ1) is 9.04. The van der Waals surface area contributed by atoms with Crippen molar-refractivity contribution in [3.63, 3.8) is 0 Å². The summed E-state index contributed by atoms with van der Waals surface area (Å²) in [5.41, 5.74) is 0. The predicted molar refractivity (Wildman–Crippen MR) is 73.8 cm³/mol. The first-order valence-electron chi connectivity index (χ1n) is 7.25. The second kappa shape index (κ2) is 8.15. The minimum Gasteiger partial charge on any atom is -0.481 e. The predicted octanol–water partition coefficient (Wildman–Crippen LogP) is 1.24. The monoisotopic (exact) mass is 270 g/mol. The molecule has 0 aromatic rings. The average molecular weight is 270 g/mol. The lowest BCUT2D eigenvalue weighted by Crippen LogP contribution is -2.38. The number of carboxylic acid groups (broad SMARTS) is 1. The number of nitrogens with one attached hydrogen (secondary N) is 2. The van der Waals surface area contributed by atoms with Gasteiger partial charge in [-0.3, -0.25) is 9.59 Å². The molecule has 1 amide bonds. The van der Waals surface area contributed by atoms with Crippen LogP contribution >= 0.6 is 0 Å². The molecule has 1 fully saturated rings. The van der Waals surface area contributed by atoms with Crippen molar-refractivity contribution in [3.05, 3.63) is 0 Å². The van der Waals surface area contributed by atoms with E-state index in [0.29, 0.717) is 19.0 Å². The van der Waals surface area contributed by atoms with Gasteiger partial charge in [-0.2, -0.15) is 0 Å². The zero-order chi connectivity index (χ0) is 14.3. The molecule has 3 N–H and O–H groups in total. The summed E-state index contributed by atoms with van der Waals surface area (Å²) in [6, 6.07) is 0. The summed E-state index contributed by atoms with van der Waals surface area (Å²) in [7, 11) is 0. The summed E-state index contributed by atoms with van der Waals surface area (Å²) >= 11 is 0. The highest BCUT2D eigenvalue weighted by molar-refractivity contribution is 5.78. The molecule has 0 radical (unpaired) electrons. The maximum absolute atomic E-state index is 11.8. The van der Waals surface area contributed by atoms with Crippen molar-refractivity contribution in [2.75, 3.05) is 19.6 Å². The van der Waals surface area contributed by atoms with Crippen molar-refractivity contribution in [1.29, 1.82) is 0 Å². The van der Waals surface area contributed by atoms with Crippen LogP contribution < -0.4 is 10.6 Å². The van der Waals surface area contributed by atoms with Gasteiger partial charge in [0.15, 0.2) is 0 Å². The van der Waals surface area contributed by atoms with Crippen LogP contribution in [-0.2, 0) is 9.59 Å². The number of amides is 1. The van der Waals surface area contributed by atoms with Crippen LogP contribution in [-0.4, -0.2) is 36.6 Å². The van der Waals surface area contributed by atoms with Gasteiger partial charge in [-0.25, -0.2) is 0 Å². The Balaban J connectivity index is 2.19. The number of aliphatic carboxylic acids is 1. The van der Waals surface area contributed by atoms with Gasteiger partial charge in [0.1, 0.15) is 0 Å². The van der Waals surface area contributed by atoms with E-state index in [-0.39, 0.29) is 17.7 Å². The molecule has 0 aliphatic heterocycles. The minimum atomic E-state index is -0.679. The van der Waals surface area contributed by atoms with Crippen molar-refractivity contribution in [1.82, 2.24) is 10.6 Å². The van der Waals surface area contributed by atoms with Crippen LogP contribution in [0.4, 0.5) is 0 Å². The fraction of sp³-hybridized carbons (Fsp3) is 0.857. The van der Waals surface area contributed by atoms with Crippen LogP contribution in [0.25, 0.3) is 0 Å². The van der Waals surface area contributed by atoms with Gasteiger partial charge in [0.25, 0.3) is 0 Å². The second-order valence-corrected chi connectivity index (χ2v) is 5.51. The average Bonchev–Trinajstić information content (AvgIpc) is 2.42. The highest BCUT2D eigenvalue weighted by Gasteiger charge is 2.26. The molecular formula is C14H26N2O3. The van der Waals surface area contributed by atoms with Crippen molar-refractivity contribution in [3.8, 4) is 0 Å². The number of rotatable bonds is 7. The Hall–Kier alpha value is -1.10. The van der Waals surface area contributed by atoms with E-state index >= 15 is 0 Å². The molecule has 5 nitrogen and oxygen atoms in total. The molecular weight excluding hydrogens is 244 g/mol.